The molecule has 5 rings (SSSR count). The predicted molar refractivity (Wildman–Crippen MR) is 123 cm³/mol. The van der Waals surface area contributed by atoms with Crippen LogP contribution in [0.1, 0.15) is 33.5 Å². The normalized spacial score (nSPS) is 15.4. The highest BCUT2D eigenvalue weighted by atomic mass is 35.5. The minimum atomic E-state index is -0.315. The van der Waals surface area contributed by atoms with Crippen molar-refractivity contribution in [1.29, 1.82) is 0 Å². The van der Waals surface area contributed by atoms with E-state index in [1.165, 1.54) is 18.4 Å². The van der Waals surface area contributed by atoms with Crippen LogP contribution in [0.25, 0.3) is 0 Å². The molecule has 0 aliphatic carbocycles. The first-order valence-electron chi connectivity index (χ1n) is 10.9. The Bertz CT molecular complexity index is 1250. The van der Waals surface area contributed by atoms with E-state index < -0.39 is 0 Å². The largest absolute Gasteiger partial charge is 0.459 e. The summed E-state index contributed by atoms with van der Waals surface area (Å²) in [6.45, 7) is 2.65. The Morgan fingerprint density at radius 1 is 1.03 bits per heavy atom. The molecule has 10 heteroatoms. The van der Waals surface area contributed by atoms with Gasteiger partial charge >= 0.3 is 0 Å². The monoisotopic (exact) mass is 480 g/mol. The number of tetrazole rings is 1. The maximum atomic E-state index is 13.4. The summed E-state index contributed by atoms with van der Waals surface area (Å²) < 4.78 is 20.3. The molecule has 1 atom stereocenters. The molecule has 0 saturated carbocycles. The van der Waals surface area contributed by atoms with Crippen molar-refractivity contribution >= 4 is 17.5 Å². The quantitative estimate of drug-likeness (QED) is 0.419. The molecule has 0 radical (unpaired) electrons. The molecule has 0 N–H and O–H groups in total. The number of carbonyl (C=O) groups excluding carboxylic acids is 1. The number of benzene rings is 2. The molecule has 1 saturated heterocycles. The molecule has 0 bridgehead atoms. The number of piperazine rings is 1. The van der Waals surface area contributed by atoms with E-state index in [0.29, 0.717) is 49.3 Å². The minimum absolute atomic E-state index is 0.125. The van der Waals surface area contributed by atoms with Gasteiger partial charge in [-0.2, -0.15) is 0 Å². The molecule has 1 aliphatic heterocycles. The van der Waals surface area contributed by atoms with E-state index in [1.54, 1.807) is 33.8 Å². The average Bonchev–Trinajstić information content (AvgIpc) is 3.55. The van der Waals surface area contributed by atoms with E-state index in [-0.39, 0.29) is 17.8 Å². The Morgan fingerprint density at radius 2 is 1.79 bits per heavy atom. The maximum absolute atomic E-state index is 13.4. The van der Waals surface area contributed by atoms with Crippen LogP contribution in [0.3, 0.4) is 0 Å². The Hall–Kier alpha value is -3.56. The van der Waals surface area contributed by atoms with Gasteiger partial charge in [-0.25, -0.2) is 9.07 Å². The molecule has 4 aromatic rings. The maximum Gasteiger partial charge on any atom is 0.289 e. The Balaban J connectivity index is 1.42. The molecular formula is C24H22ClFN6O2. The number of furan rings is 1. The van der Waals surface area contributed by atoms with Gasteiger partial charge in [0.25, 0.3) is 5.91 Å². The second-order valence-electron chi connectivity index (χ2n) is 8.05. The fourth-order valence-electron chi connectivity index (χ4n) is 4.22. The van der Waals surface area contributed by atoms with Crippen LogP contribution in [-0.2, 0) is 6.54 Å². The summed E-state index contributed by atoms with van der Waals surface area (Å²) in [5.41, 5.74) is 1.76. The number of carbonyl (C=O) groups is 1. The van der Waals surface area contributed by atoms with Crippen LogP contribution < -0.4 is 0 Å². The van der Waals surface area contributed by atoms with Crippen LogP contribution in [0.5, 0.6) is 0 Å². The lowest BCUT2D eigenvalue weighted by molar-refractivity contribution is 0.0559. The molecule has 3 heterocycles. The first-order valence-corrected chi connectivity index (χ1v) is 11.3. The smallest absolute Gasteiger partial charge is 0.289 e. The summed E-state index contributed by atoms with van der Waals surface area (Å²) >= 11 is 6.61. The van der Waals surface area contributed by atoms with E-state index in [2.05, 4.69) is 20.4 Å². The molecule has 2 aromatic carbocycles. The van der Waals surface area contributed by atoms with E-state index >= 15 is 0 Å². The first-order chi connectivity index (χ1) is 16.6. The zero-order valence-electron chi connectivity index (χ0n) is 18.2. The van der Waals surface area contributed by atoms with Gasteiger partial charge in [0, 0.05) is 31.2 Å². The van der Waals surface area contributed by atoms with Crippen LogP contribution in [0.4, 0.5) is 4.39 Å². The molecule has 1 amide bonds. The standard InChI is InChI=1S/C24H22ClFN6O2/c25-20-5-2-1-4-19(20)22(23-27-28-29-32(23)16-17-7-9-18(26)10-8-17)30-11-13-31(14-12-30)24(33)21-6-3-15-34-21/h1-10,15,22H,11-14,16H2. The van der Waals surface area contributed by atoms with Gasteiger partial charge < -0.3 is 9.32 Å². The SMILES string of the molecule is O=C(c1ccco1)N1CCN(C(c2ccccc2Cl)c2nnnn2Cc2ccc(F)cc2)CC1. The third-order valence-electron chi connectivity index (χ3n) is 5.95. The molecule has 2 aromatic heterocycles. The van der Waals surface area contributed by atoms with Gasteiger partial charge in [-0.15, -0.1) is 5.10 Å². The van der Waals surface area contributed by atoms with Crippen molar-refractivity contribution in [2.45, 2.75) is 12.6 Å². The lowest BCUT2D eigenvalue weighted by atomic mass is 10.0. The third kappa shape index (κ3) is 4.57. The van der Waals surface area contributed by atoms with Crippen molar-refractivity contribution < 1.29 is 13.6 Å². The van der Waals surface area contributed by atoms with Gasteiger partial charge in [0.05, 0.1) is 18.8 Å². The van der Waals surface area contributed by atoms with Gasteiger partial charge in [-0.1, -0.05) is 41.9 Å². The minimum Gasteiger partial charge on any atom is -0.459 e. The fraction of sp³-hybridized carbons (Fsp3) is 0.250. The summed E-state index contributed by atoms with van der Waals surface area (Å²) in [5.74, 6) is 0.541. The molecule has 34 heavy (non-hydrogen) atoms. The molecular weight excluding hydrogens is 459 g/mol. The highest BCUT2D eigenvalue weighted by Crippen LogP contribution is 2.33. The van der Waals surface area contributed by atoms with Crippen molar-refractivity contribution in [3.8, 4) is 0 Å². The highest BCUT2D eigenvalue weighted by Gasteiger charge is 2.33. The second-order valence-corrected chi connectivity index (χ2v) is 8.46. The predicted octanol–water partition coefficient (Wildman–Crippen LogP) is 3.65. The molecule has 1 unspecified atom stereocenters. The van der Waals surface area contributed by atoms with Crippen LogP contribution in [0, 0.1) is 5.82 Å². The average molecular weight is 481 g/mol. The number of hydrogen-bond donors (Lipinski definition) is 0. The molecule has 1 fully saturated rings. The van der Waals surface area contributed by atoms with E-state index in [4.69, 9.17) is 16.0 Å². The van der Waals surface area contributed by atoms with Crippen molar-refractivity contribution in [3.63, 3.8) is 0 Å². The number of amides is 1. The van der Waals surface area contributed by atoms with Crippen LogP contribution >= 0.6 is 11.6 Å². The number of aromatic nitrogens is 4. The van der Waals surface area contributed by atoms with Crippen LogP contribution in [-0.4, -0.2) is 62.1 Å². The number of rotatable bonds is 6. The molecule has 8 nitrogen and oxygen atoms in total. The summed E-state index contributed by atoms with van der Waals surface area (Å²) in [7, 11) is 0. The third-order valence-corrected chi connectivity index (χ3v) is 6.29. The van der Waals surface area contributed by atoms with Crippen molar-refractivity contribution in [2.24, 2.45) is 0 Å². The fourth-order valence-corrected chi connectivity index (χ4v) is 4.46. The van der Waals surface area contributed by atoms with Gasteiger partial charge in [0.15, 0.2) is 11.6 Å². The van der Waals surface area contributed by atoms with Gasteiger partial charge in [0.1, 0.15) is 5.82 Å². The van der Waals surface area contributed by atoms with E-state index in [9.17, 15) is 9.18 Å². The first kappa shape index (κ1) is 22.2. The molecule has 174 valence electrons. The molecule has 0 spiro atoms. The summed E-state index contributed by atoms with van der Waals surface area (Å²) in [6, 6.07) is 16.9. The zero-order valence-corrected chi connectivity index (χ0v) is 19.0. The summed E-state index contributed by atoms with van der Waals surface area (Å²) in [5, 5.41) is 13.1. The second kappa shape index (κ2) is 9.74. The zero-order chi connectivity index (χ0) is 23.5. The highest BCUT2D eigenvalue weighted by molar-refractivity contribution is 6.31. The summed E-state index contributed by atoms with van der Waals surface area (Å²) in [6.07, 6.45) is 1.50. The Labute approximate surface area is 200 Å². The van der Waals surface area contributed by atoms with E-state index in [0.717, 1.165) is 11.1 Å². The van der Waals surface area contributed by atoms with Crippen molar-refractivity contribution in [1.82, 2.24) is 30.0 Å². The number of halogens is 2. The topological polar surface area (TPSA) is 80.3 Å². The van der Waals surface area contributed by atoms with Crippen LogP contribution in [0.15, 0.2) is 71.3 Å². The van der Waals surface area contributed by atoms with Crippen molar-refractivity contribution in [2.75, 3.05) is 26.2 Å². The summed E-state index contributed by atoms with van der Waals surface area (Å²) in [4.78, 5) is 16.7. The van der Waals surface area contributed by atoms with Crippen LogP contribution in [0.2, 0.25) is 5.02 Å². The van der Waals surface area contributed by atoms with Gasteiger partial charge in [0.2, 0.25) is 0 Å². The molecule has 1 aliphatic rings. The van der Waals surface area contributed by atoms with Crippen molar-refractivity contribution in [3.05, 3.63) is 100 Å². The lowest BCUT2D eigenvalue weighted by Crippen LogP contribution is -2.50. The Morgan fingerprint density at radius 3 is 2.50 bits per heavy atom. The number of hydrogen-bond acceptors (Lipinski definition) is 6. The van der Waals surface area contributed by atoms with Gasteiger partial charge in [-0.05, 0) is 51.9 Å². The lowest BCUT2D eigenvalue weighted by Gasteiger charge is -2.38. The number of nitrogens with zero attached hydrogens (tertiary/aromatic N) is 6. The van der Waals surface area contributed by atoms with Gasteiger partial charge in [-0.3, -0.25) is 9.69 Å². The Kier molecular flexibility index (Phi) is 6.37. The van der Waals surface area contributed by atoms with E-state index in [1.807, 2.05) is 24.3 Å².